The minimum atomic E-state index is -0.376. The van der Waals surface area contributed by atoms with Gasteiger partial charge in [0.2, 0.25) is 11.8 Å². The fourth-order valence-corrected chi connectivity index (χ4v) is 2.40. The van der Waals surface area contributed by atoms with E-state index < -0.39 is 0 Å². The van der Waals surface area contributed by atoms with Crippen LogP contribution in [-0.2, 0) is 16.1 Å². The molecule has 7 nitrogen and oxygen atoms in total. The van der Waals surface area contributed by atoms with Gasteiger partial charge in [0.1, 0.15) is 6.54 Å². The Kier molecular flexibility index (Phi) is 4.61. The molecule has 0 radical (unpaired) electrons. The van der Waals surface area contributed by atoms with Gasteiger partial charge in [0.25, 0.3) is 0 Å². The summed E-state index contributed by atoms with van der Waals surface area (Å²) in [5.41, 5.74) is 5.38. The molecule has 0 unspecified atom stereocenters. The maximum Gasteiger partial charge on any atom is 0.244 e. The lowest BCUT2D eigenvalue weighted by Gasteiger charge is -2.22. The minimum absolute atomic E-state index is 0.0914. The van der Waals surface area contributed by atoms with E-state index in [-0.39, 0.29) is 24.3 Å². The summed E-state index contributed by atoms with van der Waals surface area (Å²) >= 11 is 5.76. The maximum atomic E-state index is 12.3. The summed E-state index contributed by atoms with van der Waals surface area (Å²) in [6.07, 6.45) is 3.08. The van der Waals surface area contributed by atoms with E-state index in [1.165, 1.54) is 10.9 Å². The summed E-state index contributed by atoms with van der Waals surface area (Å²) in [5.74, 6) is -0.808. The van der Waals surface area contributed by atoms with Crippen molar-refractivity contribution in [2.24, 2.45) is 11.7 Å². The summed E-state index contributed by atoms with van der Waals surface area (Å²) in [4.78, 5) is 27.3. The van der Waals surface area contributed by atoms with Gasteiger partial charge in [-0.3, -0.25) is 14.3 Å². The van der Waals surface area contributed by atoms with Gasteiger partial charge < -0.3 is 15.5 Å². The number of hydrogen-bond acceptors (Lipinski definition) is 4. The van der Waals surface area contributed by atoms with Gasteiger partial charge in [0, 0.05) is 32.4 Å². The molecule has 0 saturated carbocycles. The number of carbonyl (C=O) groups excluding carboxylic acids is 2. The number of aromatic nitrogens is 2. The standard InChI is InChI=1S/C12H18ClN5O2/c1-16-2-3-17(6-9(5-16)12(14)20)11(19)8-18-7-10(13)4-15-18/h4,7,9H,2-3,5-6,8H2,1H3,(H2,14,20)/t9-/m1/s1. The lowest BCUT2D eigenvalue weighted by Crippen LogP contribution is -2.41. The Bertz CT molecular complexity index is 504. The Morgan fingerprint density at radius 3 is 2.80 bits per heavy atom. The fraction of sp³-hybridized carbons (Fsp3) is 0.583. The number of rotatable bonds is 3. The number of primary amides is 1. The van der Waals surface area contributed by atoms with Crippen LogP contribution in [0.3, 0.4) is 0 Å². The molecule has 2 N–H and O–H groups in total. The maximum absolute atomic E-state index is 12.3. The second kappa shape index (κ2) is 6.23. The predicted molar refractivity (Wildman–Crippen MR) is 74.0 cm³/mol. The molecule has 1 aromatic rings. The first-order valence-electron chi connectivity index (χ1n) is 6.39. The van der Waals surface area contributed by atoms with Crippen LogP contribution in [0.15, 0.2) is 12.4 Å². The highest BCUT2D eigenvalue weighted by molar-refractivity contribution is 6.30. The summed E-state index contributed by atoms with van der Waals surface area (Å²) in [5, 5.41) is 4.47. The smallest absolute Gasteiger partial charge is 0.244 e. The van der Waals surface area contributed by atoms with Crippen molar-refractivity contribution in [3.63, 3.8) is 0 Å². The molecule has 1 aromatic heterocycles. The Labute approximate surface area is 122 Å². The van der Waals surface area contributed by atoms with Gasteiger partial charge in [-0.1, -0.05) is 11.6 Å². The van der Waals surface area contributed by atoms with E-state index in [0.717, 1.165) is 6.54 Å². The molecular weight excluding hydrogens is 282 g/mol. The Hall–Kier alpha value is -1.60. The molecule has 110 valence electrons. The first kappa shape index (κ1) is 14.8. The predicted octanol–water partition coefficient (Wildman–Crippen LogP) is -0.588. The molecular formula is C12H18ClN5O2. The van der Waals surface area contributed by atoms with E-state index >= 15 is 0 Å². The second-order valence-electron chi connectivity index (χ2n) is 5.06. The highest BCUT2D eigenvalue weighted by Gasteiger charge is 2.27. The number of likely N-dealkylation sites (N-methyl/N-ethyl adjacent to an activating group) is 1. The molecule has 0 aliphatic carbocycles. The fourth-order valence-electron chi connectivity index (χ4n) is 2.24. The van der Waals surface area contributed by atoms with Crippen molar-refractivity contribution in [3.8, 4) is 0 Å². The Morgan fingerprint density at radius 1 is 1.45 bits per heavy atom. The van der Waals surface area contributed by atoms with E-state index in [4.69, 9.17) is 17.3 Å². The number of hydrogen-bond donors (Lipinski definition) is 1. The van der Waals surface area contributed by atoms with Crippen molar-refractivity contribution in [3.05, 3.63) is 17.4 Å². The molecule has 0 spiro atoms. The van der Waals surface area contributed by atoms with Crippen molar-refractivity contribution < 1.29 is 9.59 Å². The van der Waals surface area contributed by atoms with Gasteiger partial charge in [-0.15, -0.1) is 0 Å². The highest BCUT2D eigenvalue weighted by atomic mass is 35.5. The molecule has 1 saturated heterocycles. The van der Waals surface area contributed by atoms with Crippen LogP contribution in [0.4, 0.5) is 0 Å². The number of nitrogens with zero attached hydrogens (tertiary/aromatic N) is 4. The van der Waals surface area contributed by atoms with E-state index in [1.807, 2.05) is 11.9 Å². The van der Waals surface area contributed by atoms with E-state index in [1.54, 1.807) is 11.1 Å². The third kappa shape index (κ3) is 3.71. The average Bonchev–Trinajstić information content (AvgIpc) is 2.67. The highest BCUT2D eigenvalue weighted by Crippen LogP contribution is 2.10. The number of nitrogens with two attached hydrogens (primary N) is 1. The molecule has 0 aromatic carbocycles. The van der Waals surface area contributed by atoms with Crippen molar-refractivity contribution in [2.75, 3.05) is 33.2 Å². The third-order valence-electron chi connectivity index (χ3n) is 3.38. The normalized spacial score (nSPS) is 20.7. The number of amides is 2. The van der Waals surface area contributed by atoms with Crippen LogP contribution in [0.25, 0.3) is 0 Å². The van der Waals surface area contributed by atoms with Crippen LogP contribution in [0.2, 0.25) is 5.02 Å². The van der Waals surface area contributed by atoms with Crippen molar-refractivity contribution in [2.45, 2.75) is 6.54 Å². The van der Waals surface area contributed by atoms with Crippen LogP contribution in [-0.4, -0.2) is 64.6 Å². The summed E-state index contributed by atoms with van der Waals surface area (Å²) in [6, 6.07) is 0. The van der Waals surface area contributed by atoms with Gasteiger partial charge in [-0.05, 0) is 7.05 Å². The Morgan fingerprint density at radius 2 is 2.20 bits per heavy atom. The van der Waals surface area contributed by atoms with E-state index in [2.05, 4.69) is 5.10 Å². The lowest BCUT2D eigenvalue weighted by atomic mass is 10.1. The first-order chi connectivity index (χ1) is 9.45. The van der Waals surface area contributed by atoms with E-state index in [9.17, 15) is 9.59 Å². The first-order valence-corrected chi connectivity index (χ1v) is 6.77. The second-order valence-corrected chi connectivity index (χ2v) is 5.49. The third-order valence-corrected chi connectivity index (χ3v) is 3.57. The molecule has 1 fully saturated rings. The summed E-state index contributed by atoms with van der Waals surface area (Å²) in [7, 11) is 1.91. The molecule has 2 rings (SSSR count). The van der Waals surface area contributed by atoms with Gasteiger partial charge in [0.15, 0.2) is 0 Å². The van der Waals surface area contributed by atoms with Crippen LogP contribution in [0, 0.1) is 5.92 Å². The van der Waals surface area contributed by atoms with Crippen LogP contribution < -0.4 is 5.73 Å². The monoisotopic (exact) mass is 299 g/mol. The largest absolute Gasteiger partial charge is 0.369 e. The topological polar surface area (TPSA) is 84.5 Å². The molecule has 8 heteroatoms. The van der Waals surface area contributed by atoms with Gasteiger partial charge >= 0.3 is 0 Å². The average molecular weight is 300 g/mol. The van der Waals surface area contributed by atoms with Crippen molar-refractivity contribution in [1.82, 2.24) is 19.6 Å². The quantitative estimate of drug-likeness (QED) is 0.809. The summed E-state index contributed by atoms with van der Waals surface area (Å²) < 4.78 is 1.48. The molecule has 0 bridgehead atoms. The SMILES string of the molecule is CN1CCN(C(=O)Cn2cc(Cl)cn2)C[C@H](C(N)=O)C1. The van der Waals surface area contributed by atoms with Crippen molar-refractivity contribution >= 4 is 23.4 Å². The lowest BCUT2D eigenvalue weighted by molar-refractivity contribution is -0.133. The van der Waals surface area contributed by atoms with E-state index in [0.29, 0.717) is 24.7 Å². The number of carbonyl (C=O) groups is 2. The zero-order valence-electron chi connectivity index (χ0n) is 11.3. The zero-order chi connectivity index (χ0) is 14.7. The molecule has 1 aliphatic rings. The molecule has 2 heterocycles. The number of halogens is 1. The van der Waals surface area contributed by atoms with Crippen LogP contribution in [0.1, 0.15) is 0 Å². The van der Waals surface area contributed by atoms with Gasteiger partial charge in [-0.25, -0.2) is 0 Å². The van der Waals surface area contributed by atoms with Crippen LogP contribution >= 0.6 is 11.6 Å². The van der Waals surface area contributed by atoms with Gasteiger partial charge in [0.05, 0.1) is 17.1 Å². The van der Waals surface area contributed by atoms with Crippen LogP contribution in [0.5, 0.6) is 0 Å². The van der Waals surface area contributed by atoms with Crippen molar-refractivity contribution in [1.29, 1.82) is 0 Å². The summed E-state index contributed by atoms with van der Waals surface area (Å²) in [6.45, 7) is 2.34. The minimum Gasteiger partial charge on any atom is -0.369 e. The molecule has 20 heavy (non-hydrogen) atoms. The molecule has 2 amide bonds. The zero-order valence-corrected chi connectivity index (χ0v) is 12.1. The molecule has 1 atom stereocenters. The van der Waals surface area contributed by atoms with Gasteiger partial charge in [-0.2, -0.15) is 5.10 Å². The molecule has 1 aliphatic heterocycles. The Balaban J connectivity index is 2.02.